The summed E-state index contributed by atoms with van der Waals surface area (Å²) in [6.45, 7) is 0. The zero-order valence-electron chi connectivity index (χ0n) is 9.59. The van der Waals surface area contributed by atoms with Gasteiger partial charge in [0.05, 0.1) is 0 Å². The molecule has 0 fully saturated rings. The van der Waals surface area contributed by atoms with Gasteiger partial charge in [-0.2, -0.15) is 0 Å². The number of Topliss-reactive ketones (excluding diaryl/α,β-unsaturated/α-hetero) is 1. The molecule has 98 valence electrons. The number of hydrogen-bond acceptors (Lipinski definition) is 1. The molecule has 0 aromatic heterocycles. The van der Waals surface area contributed by atoms with E-state index in [1.165, 1.54) is 0 Å². The van der Waals surface area contributed by atoms with E-state index in [9.17, 15) is 22.4 Å². The van der Waals surface area contributed by atoms with E-state index in [0.29, 0.717) is 0 Å². The monoisotopic (exact) mass is 268 g/mol. The van der Waals surface area contributed by atoms with E-state index >= 15 is 0 Å². The zero-order valence-corrected chi connectivity index (χ0v) is 9.59. The van der Waals surface area contributed by atoms with Crippen molar-refractivity contribution in [3.63, 3.8) is 0 Å². The van der Waals surface area contributed by atoms with Gasteiger partial charge in [0.2, 0.25) is 0 Å². The van der Waals surface area contributed by atoms with Gasteiger partial charge in [0.25, 0.3) is 0 Å². The molecule has 0 radical (unpaired) electrons. The van der Waals surface area contributed by atoms with Crippen LogP contribution in [-0.2, 0) is 6.42 Å². The molecule has 0 aliphatic rings. The normalized spacial score (nSPS) is 10.5. The molecule has 0 aliphatic carbocycles. The Balaban J connectivity index is 2.25. The van der Waals surface area contributed by atoms with Crippen molar-refractivity contribution in [3.05, 3.63) is 70.8 Å². The predicted octanol–water partition coefficient (Wildman–Crippen LogP) is 3.67. The highest BCUT2D eigenvalue weighted by Crippen LogP contribution is 2.15. The minimum Gasteiger partial charge on any atom is -0.294 e. The maximum absolute atomic E-state index is 13.3. The molecule has 0 spiro atoms. The fourth-order valence-corrected chi connectivity index (χ4v) is 1.62. The Labute approximate surface area is 106 Å². The second-order valence-corrected chi connectivity index (χ2v) is 3.96. The minimum atomic E-state index is -1.16. The number of carbonyl (C=O) groups excluding carboxylic acids is 1. The fourth-order valence-electron chi connectivity index (χ4n) is 1.62. The lowest BCUT2D eigenvalue weighted by molar-refractivity contribution is 0.0991. The summed E-state index contributed by atoms with van der Waals surface area (Å²) in [6.07, 6.45) is -0.422. The zero-order chi connectivity index (χ0) is 14.0. The van der Waals surface area contributed by atoms with Gasteiger partial charge >= 0.3 is 0 Å². The molecule has 0 bridgehead atoms. The molecule has 0 unspecified atom stereocenters. The molecule has 0 amide bonds. The van der Waals surface area contributed by atoms with Crippen molar-refractivity contribution in [1.82, 2.24) is 0 Å². The van der Waals surface area contributed by atoms with Crippen LogP contribution in [0.5, 0.6) is 0 Å². The Kier molecular flexibility index (Phi) is 3.64. The first-order valence-electron chi connectivity index (χ1n) is 5.39. The average molecular weight is 268 g/mol. The Morgan fingerprint density at radius 2 is 1.53 bits per heavy atom. The minimum absolute atomic E-state index is 0.0949. The predicted molar refractivity (Wildman–Crippen MR) is 60.8 cm³/mol. The van der Waals surface area contributed by atoms with Crippen molar-refractivity contribution >= 4 is 5.78 Å². The van der Waals surface area contributed by atoms with Gasteiger partial charge in [-0.25, -0.2) is 17.6 Å². The van der Waals surface area contributed by atoms with E-state index < -0.39 is 35.5 Å². The number of benzene rings is 2. The van der Waals surface area contributed by atoms with Crippen molar-refractivity contribution in [1.29, 1.82) is 0 Å². The summed E-state index contributed by atoms with van der Waals surface area (Å²) in [6, 6.07) is 5.37. The lowest BCUT2D eigenvalue weighted by Gasteiger charge is -2.04. The third kappa shape index (κ3) is 2.99. The van der Waals surface area contributed by atoms with Crippen LogP contribution in [0.2, 0.25) is 0 Å². The molecule has 0 saturated carbocycles. The van der Waals surface area contributed by atoms with E-state index in [1.807, 2.05) is 0 Å². The first kappa shape index (κ1) is 13.3. The molecule has 2 aromatic rings. The van der Waals surface area contributed by atoms with Crippen molar-refractivity contribution in [2.24, 2.45) is 0 Å². The number of carbonyl (C=O) groups is 1. The smallest absolute Gasteiger partial charge is 0.167 e. The molecule has 0 atom stereocenters. The van der Waals surface area contributed by atoms with E-state index in [1.54, 1.807) is 0 Å². The summed E-state index contributed by atoms with van der Waals surface area (Å²) in [5, 5.41) is 0. The standard InChI is InChI=1S/C14H8F4O/c15-10-2-4-11(16)9(5-10)7-14(19)8-1-3-12(17)13(18)6-8/h1-6H,7H2. The molecular weight excluding hydrogens is 260 g/mol. The highest BCUT2D eigenvalue weighted by atomic mass is 19.2. The third-order valence-corrected chi connectivity index (χ3v) is 2.60. The molecule has 0 heterocycles. The number of rotatable bonds is 3. The number of hydrogen-bond donors (Lipinski definition) is 0. The van der Waals surface area contributed by atoms with Crippen LogP contribution in [0.25, 0.3) is 0 Å². The Morgan fingerprint density at radius 3 is 2.21 bits per heavy atom. The summed E-state index contributed by atoms with van der Waals surface area (Å²) >= 11 is 0. The van der Waals surface area contributed by atoms with Crippen LogP contribution in [-0.4, -0.2) is 5.78 Å². The lowest BCUT2D eigenvalue weighted by Crippen LogP contribution is -2.06. The van der Waals surface area contributed by atoms with Gasteiger partial charge in [-0.15, -0.1) is 0 Å². The number of ketones is 1. The molecule has 2 rings (SSSR count). The highest BCUT2D eigenvalue weighted by Gasteiger charge is 2.13. The van der Waals surface area contributed by atoms with Crippen LogP contribution in [0.4, 0.5) is 17.6 Å². The summed E-state index contributed by atoms with van der Waals surface area (Å²) < 4.78 is 51.9. The van der Waals surface area contributed by atoms with E-state index in [4.69, 9.17) is 0 Å². The van der Waals surface area contributed by atoms with Gasteiger partial charge in [-0.05, 0) is 42.0 Å². The van der Waals surface area contributed by atoms with Crippen LogP contribution < -0.4 is 0 Å². The van der Waals surface area contributed by atoms with Gasteiger partial charge in [-0.1, -0.05) is 0 Å². The van der Waals surface area contributed by atoms with E-state index in [2.05, 4.69) is 0 Å². The Bertz CT molecular complexity index is 637. The van der Waals surface area contributed by atoms with E-state index in [-0.39, 0.29) is 11.1 Å². The van der Waals surface area contributed by atoms with Gasteiger partial charge in [-0.3, -0.25) is 4.79 Å². The summed E-state index contributed by atoms with van der Waals surface area (Å²) in [7, 11) is 0. The average Bonchev–Trinajstić information content (AvgIpc) is 2.37. The second kappa shape index (κ2) is 5.22. The summed E-state index contributed by atoms with van der Waals surface area (Å²) in [4.78, 5) is 11.8. The second-order valence-electron chi connectivity index (χ2n) is 3.96. The molecule has 5 heteroatoms. The quantitative estimate of drug-likeness (QED) is 0.613. The fraction of sp³-hybridized carbons (Fsp3) is 0.0714. The lowest BCUT2D eigenvalue weighted by atomic mass is 10.0. The molecule has 0 aliphatic heterocycles. The van der Waals surface area contributed by atoms with Crippen LogP contribution in [0.15, 0.2) is 36.4 Å². The maximum Gasteiger partial charge on any atom is 0.167 e. The van der Waals surface area contributed by atoms with Gasteiger partial charge in [0.1, 0.15) is 11.6 Å². The molecule has 0 saturated heterocycles. The Hall–Kier alpha value is -2.17. The number of halogens is 4. The van der Waals surface area contributed by atoms with Crippen LogP contribution in [0, 0.1) is 23.3 Å². The van der Waals surface area contributed by atoms with Crippen LogP contribution in [0.3, 0.4) is 0 Å². The van der Waals surface area contributed by atoms with Crippen molar-refractivity contribution in [2.45, 2.75) is 6.42 Å². The van der Waals surface area contributed by atoms with Gasteiger partial charge in [0.15, 0.2) is 17.4 Å². The van der Waals surface area contributed by atoms with Gasteiger partial charge < -0.3 is 0 Å². The first-order valence-corrected chi connectivity index (χ1v) is 5.39. The molecule has 0 N–H and O–H groups in total. The van der Waals surface area contributed by atoms with Gasteiger partial charge in [0, 0.05) is 12.0 Å². The molecule has 2 aromatic carbocycles. The maximum atomic E-state index is 13.3. The molecule has 19 heavy (non-hydrogen) atoms. The topological polar surface area (TPSA) is 17.1 Å². The Morgan fingerprint density at radius 1 is 0.842 bits per heavy atom. The summed E-state index contributed by atoms with van der Waals surface area (Å²) in [5.41, 5.74) is -0.225. The molecule has 1 nitrogen and oxygen atoms in total. The van der Waals surface area contributed by atoms with Crippen LogP contribution >= 0.6 is 0 Å². The largest absolute Gasteiger partial charge is 0.294 e. The molecular formula is C14H8F4O. The third-order valence-electron chi connectivity index (χ3n) is 2.60. The van der Waals surface area contributed by atoms with Crippen molar-refractivity contribution in [3.8, 4) is 0 Å². The van der Waals surface area contributed by atoms with Crippen molar-refractivity contribution < 1.29 is 22.4 Å². The van der Waals surface area contributed by atoms with Crippen molar-refractivity contribution in [2.75, 3.05) is 0 Å². The summed E-state index contributed by atoms with van der Waals surface area (Å²) in [5.74, 6) is -4.26. The highest BCUT2D eigenvalue weighted by molar-refractivity contribution is 5.97. The van der Waals surface area contributed by atoms with Crippen LogP contribution in [0.1, 0.15) is 15.9 Å². The van der Waals surface area contributed by atoms with E-state index in [0.717, 1.165) is 36.4 Å². The SMILES string of the molecule is O=C(Cc1cc(F)ccc1F)c1ccc(F)c(F)c1. The first-order chi connectivity index (χ1) is 8.97.